The Morgan fingerprint density at radius 3 is 2.58 bits per heavy atom. The average molecular weight is 360 g/mol. The summed E-state index contributed by atoms with van der Waals surface area (Å²) in [6, 6.07) is 10.4. The van der Waals surface area contributed by atoms with E-state index in [4.69, 9.17) is 16.6 Å². The van der Waals surface area contributed by atoms with Gasteiger partial charge in [0.1, 0.15) is 5.82 Å². The maximum atomic E-state index is 6.22. The molecule has 4 rings (SSSR count). The van der Waals surface area contributed by atoms with Crippen LogP contribution in [-0.4, -0.2) is 15.0 Å². The van der Waals surface area contributed by atoms with Gasteiger partial charge in [0.2, 0.25) is 5.28 Å². The quantitative estimate of drug-likeness (QED) is 0.721. The van der Waals surface area contributed by atoms with Crippen LogP contribution in [0.5, 0.6) is 0 Å². The van der Waals surface area contributed by atoms with Crippen molar-refractivity contribution in [3.63, 3.8) is 0 Å². The summed E-state index contributed by atoms with van der Waals surface area (Å²) in [5.41, 5.74) is 3.54. The summed E-state index contributed by atoms with van der Waals surface area (Å²) in [5, 5.41) is 0.243. The lowest BCUT2D eigenvalue weighted by atomic mass is 9.89. The Morgan fingerprint density at radius 2 is 1.69 bits per heavy atom. The molecule has 0 bridgehead atoms. The molecule has 1 heterocycles. The molecular weight excluding hydrogens is 342 g/mol. The van der Waals surface area contributed by atoms with Crippen LogP contribution in [0.2, 0.25) is 5.28 Å². The van der Waals surface area contributed by atoms with Crippen LogP contribution in [0.4, 0.5) is 0 Å². The topological polar surface area (TPSA) is 38.7 Å². The summed E-state index contributed by atoms with van der Waals surface area (Å²) in [7, 11) is 0. The van der Waals surface area contributed by atoms with Crippen LogP contribution in [0.25, 0.3) is 11.1 Å². The molecule has 0 spiro atoms. The van der Waals surface area contributed by atoms with Gasteiger partial charge in [-0.05, 0) is 35.6 Å². The Morgan fingerprint density at radius 1 is 0.846 bits per heavy atom. The van der Waals surface area contributed by atoms with E-state index in [0.29, 0.717) is 5.82 Å². The smallest absolute Gasteiger partial charge is 0.213 e. The Hall–Kier alpha value is -2.78. The highest BCUT2D eigenvalue weighted by Gasteiger charge is 2.20. The SMILES string of the molecule is Clc1nc(C2=CC=CC=CC2)nc(C2C=CC=C(c3ccccc3)C2)n1. The monoisotopic (exact) mass is 359 g/mol. The molecule has 1 aromatic carbocycles. The first-order valence-electron chi connectivity index (χ1n) is 8.66. The van der Waals surface area contributed by atoms with Crippen LogP contribution in [0.15, 0.2) is 78.9 Å². The maximum absolute atomic E-state index is 6.22. The highest BCUT2D eigenvalue weighted by Crippen LogP contribution is 2.32. The van der Waals surface area contributed by atoms with E-state index >= 15 is 0 Å². The molecular formula is C22H18ClN3. The van der Waals surface area contributed by atoms with Crippen molar-refractivity contribution in [1.29, 1.82) is 0 Å². The third kappa shape index (κ3) is 3.73. The fourth-order valence-electron chi connectivity index (χ4n) is 3.14. The molecule has 0 radical (unpaired) electrons. The summed E-state index contributed by atoms with van der Waals surface area (Å²) in [6.07, 6.45) is 18.1. The van der Waals surface area contributed by atoms with Crippen molar-refractivity contribution in [2.24, 2.45) is 0 Å². The largest absolute Gasteiger partial charge is 0.226 e. The number of benzene rings is 1. The number of nitrogens with zero attached hydrogens (tertiary/aromatic N) is 3. The molecule has 0 N–H and O–H groups in total. The van der Waals surface area contributed by atoms with Gasteiger partial charge in [0, 0.05) is 11.5 Å². The van der Waals surface area contributed by atoms with E-state index in [1.807, 2.05) is 30.4 Å². The Kier molecular flexibility index (Phi) is 4.89. The van der Waals surface area contributed by atoms with E-state index in [9.17, 15) is 0 Å². The first-order chi connectivity index (χ1) is 12.8. The van der Waals surface area contributed by atoms with Crippen LogP contribution < -0.4 is 0 Å². The fourth-order valence-corrected chi connectivity index (χ4v) is 3.31. The number of hydrogen-bond acceptors (Lipinski definition) is 3. The lowest BCUT2D eigenvalue weighted by Gasteiger charge is -2.18. The third-order valence-corrected chi connectivity index (χ3v) is 4.63. The fraction of sp³-hybridized carbons (Fsp3) is 0.136. The van der Waals surface area contributed by atoms with Gasteiger partial charge in [-0.1, -0.05) is 78.9 Å². The van der Waals surface area contributed by atoms with Crippen molar-refractivity contribution in [1.82, 2.24) is 15.0 Å². The molecule has 0 fully saturated rings. The van der Waals surface area contributed by atoms with Crippen molar-refractivity contribution in [3.05, 3.63) is 101 Å². The number of rotatable bonds is 3. The summed E-state index contributed by atoms with van der Waals surface area (Å²) < 4.78 is 0. The summed E-state index contributed by atoms with van der Waals surface area (Å²) >= 11 is 6.22. The molecule has 0 amide bonds. The molecule has 3 nitrogen and oxygen atoms in total. The molecule has 2 aromatic rings. The minimum Gasteiger partial charge on any atom is -0.213 e. The van der Waals surface area contributed by atoms with Crippen molar-refractivity contribution in [3.8, 4) is 0 Å². The first kappa shape index (κ1) is 16.7. The molecule has 0 aliphatic heterocycles. The van der Waals surface area contributed by atoms with Crippen LogP contribution in [0.1, 0.15) is 36.0 Å². The van der Waals surface area contributed by atoms with E-state index < -0.39 is 0 Å². The van der Waals surface area contributed by atoms with E-state index in [2.05, 4.69) is 58.5 Å². The molecule has 128 valence electrons. The second-order valence-corrected chi connectivity index (χ2v) is 6.59. The normalized spacial score (nSPS) is 19.0. The third-order valence-electron chi connectivity index (χ3n) is 4.46. The maximum Gasteiger partial charge on any atom is 0.226 e. The molecule has 0 saturated carbocycles. The van der Waals surface area contributed by atoms with Gasteiger partial charge in [-0.25, -0.2) is 9.97 Å². The second-order valence-electron chi connectivity index (χ2n) is 6.25. The molecule has 0 saturated heterocycles. The van der Waals surface area contributed by atoms with Gasteiger partial charge in [0.15, 0.2) is 5.82 Å². The van der Waals surface area contributed by atoms with Gasteiger partial charge < -0.3 is 0 Å². The van der Waals surface area contributed by atoms with Gasteiger partial charge in [0.05, 0.1) is 0 Å². The zero-order valence-electron chi connectivity index (χ0n) is 14.2. The molecule has 1 atom stereocenters. The average Bonchev–Trinajstić information content (AvgIpc) is 2.98. The molecule has 26 heavy (non-hydrogen) atoms. The predicted octanol–water partition coefficient (Wildman–Crippen LogP) is 5.55. The van der Waals surface area contributed by atoms with Crippen LogP contribution >= 0.6 is 11.6 Å². The van der Waals surface area contributed by atoms with Crippen molar-refractivity contribution < 1.29 is 0 Å². The molecule has 1 unspecified atom stereocenters. The van der Waals surface area contributed by atoms with Crippen molar-refractivity contribution >= 4 is 22.7 Å². The standard InChI is InChI=1S/C22H18ClN3/c23-22-25-20(17-11-4-1-2-5-12-17)24-21(26-22)19-14-8-13-18(15-19)16-9-6-3-7-10-16/h1-11,13-14,19H,12,15H2. The summed E-state index contributed by atoms with van der Waals surface area (Å²) in [4.78, 5) is 13.5. The van der Waals surface area contributed by atoms with Gasteiger partial charge in [-0.2, -0.15) is 4.98 Å². The van der Waals surface area contributed by atoms with Crippen LogP contribution in [-0.2, 0) is 0 Å². The Balaban J connectivity index is 1.63. The number of allylic oxidation sites excluding steroid dienone is 10. The minimum absolute atomic E-state index is 0.0897. The lowest BCUT2D eigenvalue weighted by molar-refractivity contribution is 0.761. The minimum atomic E-state index is 0.0897. The number of hydrogen-bond donors (Lipinski definition) is 0. The Labute approximate surface area is 158 Å². The van der Waals surface area contributed by atoms with Crippen molar-refractivity contribution in [2.75, 3.05) is 0 Å². The summed E-state index contributed by atoms with van der Waals surface area (Å²) in [6.45, 7) is 0. The van der Waals surface area contributed by atoms with Gasteiger partial charge in [-0.15, -0.1) is 0 Å². The van der Waals surface area contributed by atoms with Gasteiger partial charge >= 0.3 is 0 Å². The van der Waals surface area contributed by atoms with Gasteiger partial charge in [-0.3, -0.25) is 0 Å². The van der Waals surface area contributed by atoms with Crippen LogP contribution in [0.3, 0.4) is 0 Å². The zero-order valence-corrected chi connectivity index (χ0v) is 15.0. The molecule has 1 aromatic heterocycles. The van der Waals surface area contributed by atoms with E-state index in [0.717, 1.165) is 24.2 Å². The highest BCUT2D eigenvalue weighted by molar-refractivity contribution is 6.28. The molecule has 2 aliphatic carbocycles. The van der Waals surface area contributed by atoms with Crippen molar-refractivity contribution in [2.45, 2.75) is 18.8 Å². The van der Waals surface area contributed by atoms with Crippen LogP contribution in [0, 0.1) is 0 Å². The number of halogens is 1. The molecule has 4 heteroatoms. The first-order valence-corrected chi connectivity index (χ1v) is 9.04. The van der Waals surface area contributed by atoms with E-state index in [1.165, 1.54) is 11.1 Å². The van der Waals surface area contributed by atoms with E-state index in [-0.39, 0.29) is 11.2 Å². The summed E-state index contributed by atoms with van der Waals surface area (Å²) in [5.74, 6) is 1.46. The highest BCUT2D eigenvalue weighted by atomic mass is 35.5. The zero-order chi connectivity index (χ0) is 17.8. The molecule has 2 aliphatic rings. The van der Waals surface area contributed by atoms with Gasteiger partial charge in [0.25, 0.3) is 0 Å². The second kappa shape index (κ2) is 7.63. The number of aromatic nitrogens is 3. The Bertz CT molecular complexity index is 953. The predicted molar refractivity (Wildman–Crippen MR) is 107 cm³/mol. The lowest BCUT2D eigenvalue weighted by Crippen LogP contribution is -2.09. The van der Waals surface area contributed by atoms with E-state index in [1.54, 1.807) is 0 Å².